The van der Waals surface area contributed by atoms with E-state index in [1.54, 1.807) is 10.7 Å². The Labute approximate surface area is 193 Å². The van der Waals surface area contributed by atoms with Crippen LogP contribution < -0.4 is 5.32 Å². The number of hydrogen-bond donors (Lipinski definition) is 1. The number of carbonyl (C=O) groups is 1. The molecular weight excluding hydrogens is 470 g/mol. The molecule has 1 amide bonds. The molecule has 1 N–H and O–H groups in total. The van der Waals surface area contributed by atoms with Gasteiger partial charge in [0.1, 0.15) is 4.90 Å². The van der Waals surface area contributed by atoms with E-state index < -0.39 is 15.9 Å². The summed E-state index contributed by atoms with van der Waals surface area (Å²) >= 11 is 7.39. The number of anilines is 1. The highest BCUT2D eigenvalue weighted by molar-refractivity contribution is 7.89. The van der Waals surface area contributed by atoms with E-state index >= 15 is 0 Å². The van der Waals surface area contributed by atoms with Crippen LogP contribution in [0.1, 0.15) is 23.2 Å². The van der Waals surface area contributed by atoms with E-state index in [2.05, 4.69) is 15.4 Å². The number of amides is 1. The lowest BCUT2D eigenvalue weighted by Crippen LogP contribution is -2.28. The maximum Gasteiger partial charge on any atom is 0.257 e. The number of fused-ring (bicyclic) bond motifs is 1. The Kier molecular flexibility index (Phi) is 5.46. The topological polar surface area (TPSA) is 96.7 Å². The molecule has 2 aromatic carbocycles. The number of aromatic nitrogens is 3. The number of sulfonamides is 1. The molecule has 1 saturated heterocycles. The summed E-state index contributed by atoms with van der Waals surface area (Å²) in [6, 6.07) is 14.0. The molecule has 164 valence electrons. The number of nitrogens with one attached hydrogen (secondary N) is 1. The average Bonchev–Trinajstić information content (AvgIpc) is 3.51. The fraction of sp³-hybridized carbons (Fsp3) is 0.190. The third kappa shape index (κ3) is 3.90. The third-order valence-electron chi connectivity index (χ3n) is 5.21. The first-order valence-corrected chi connectivity index (χ1v) is 12.6. The predicted octanol–water partition coefficient (Wildman–Crippen LogP) is 4.15. The molecule has 2 aromatic heterocycles. The van der Waals surface area contributed by atoms with Crippen LogP contribution in [0.4, 0.5) is 5.13 Å². The third-order valence-corrected chi connectivity index (χ3v) is 8.43. The average molecular weight is 488 g/mol. The fourth-order valence-corrected chi connectivity index (χ4v) is 6.37. The Morgan fingerprint density at radius 1 is 1.09 bits per heavy atom. The molecule has 1 fully saturated rings. The van der Waals surface area contributed by atoms with Crippen molar-refractivity contribution in [3.8, 4) is 11.3 Å². The van der Waals surface area contributed by atoms with Crippen LogP contribution in [0.3, 0.4) is 0 Å². The Balaban J connectivity index is 1.38. The molecule has 0 bridgehead atoms. The molecule has 0 spiro atoms. The minimum Gasteiger partial charge on any atom is -0.296 e. The van der Waals surface area contributed by atoms with Crippen molar-refractivity contribution in [1.82, 2.24) is 18.9 Å². The van der Waals surface area contributed by atoms with Crippen LogP contribution in [-0.4, -0.2) is 46.3 Å². The van der Waals surface area contributed by atoms with E-state index in [1.165, 1.54) is 33.8 Å². The van der Waals surface area contributed by atoms with Crippen molar-refractivity contribution in [2.75, 3.05) is 18.4 Å². The van der Waals surface area contributed by atoms with Gasteiger partial charge in [0.2, 0.25) is 20.1 Å². The quantitative estimate of drug-likeness (QED) is 0.456. The van der Waals surface area contributed by atoms with Gasteiger partial charge in [0.15, 0.2) is 0 Å². The number of carbonyl (C=O) groups excluding carboxylic acids is 1. The van der Waals surface area contributed by atoms with Crippen LogP contribution in [0.5, 0.6) is 0 Å². The second-order valence-corrected chi connectivity index (χ2v) is 10.6. The lowest BCUT2D eigenvalue weighted by Gasteiger charge is -2.17. The maximum atomic E-state index is 12.9. The smallest absolute Gasteiger partial charge is 0.257 e. The van der Waals surface area contributed by atoms with E-state index in [0.29, 0.717) is 23.2 Å². The van der Waals surface area contributed by atoms with Gasteiger partial charge in [-0.2, -0.15) is 4.31 Å². The normalized spacial score (nSPS) is 14.8. The molecule has 1 aliphatic rings. The lowest BCUT2D eigenvalue weighted by molar-refractivity contribution is 0.102. The molecule has 1 aliphatic heterocycles. The Morgan fingerprint density at radius 2 is 1.84 bits per heavy atom. The number of nitrogens with zero attached hydrogens (tertiary/aromatic N) is 4. The van der Waals surface area contributed by atoms with Crippen LogP contribution in [0.2, 0.25) is 5.02 Å². The highest BCUT2D eigenvalue weighted by Gasteiger charge is 2.30. The molecule has 0 atom stereocenters. The van der Waals surface area contributed by atoms with Crippen LogP contribution in [0.25, 0.3) is 16.2 Å². The van der Waals surface area contributed by atoms with Crippen LogP contribution in [-0.2, 0) is 10.0 Å². The zero-order valence-electron chi connectivity index (χ0n) is 16.7. The largest absolute Gasteiger partial charge is 0.296 e. The van der Waals surface area contributed by atoms with Gasteiger partial charge in [-0.15, -0.1) is 5.10 Å². The zero-order chi connectivity index (χ0) is 22.3. The summed E-state index contributed by atoms with van der Waals surface area (Å²) in [5.74, 6) is -0.472. The Morgan fingerprint density at radius 3 is 2.56 bits per heavy atom. The summed E-state index contributed by atoms with van der Waals surface area (Å²) in [7, 11) is -3.75. The van der Waals surface area contributed by atoms with Crippen LogP contribution in [0.15, 0.2) is 59.6 Å². The Bertz CT molecular complexity index is 1380. The van der Waals surface area contributed by atoms with Crippen molar-refractivity contribution in [2.24, 2.45) is 0 Å². The zero-order valence-corrected chi connectivity index (χ0v) is 19.1. The molecule has 32 heavy (non-hydrogen) atoms. The predicted molar refractivity (Wildman–Crippen MR) is 124 cm³/mol. The van der Waals surface area contributed by atoms with Gasteiger partial charge < -0.3 is 0 Å². The SMILES string of the molecule is O=C(Nc1nn2cc(-c3ccccc3)nc2s1)c1ccc(Cl)c(S(=O)(=O)N2CCCC2)c1. The molecule has 0 radical (unpaired) electrons. The highest BCUT2D eigenvalue weighted by Crippen LogP contribution is 2.29. The monoisotopic (exact) mass is 487 g/mol. The Hall–Kier alpha value is -2.79. The van der Waals surface area contributed by atoms with Crippen LogP contribution in [0, 0.1) is 0 Å². The van der Waals surface area contributed by atoms with Crippen molar-refractivity contribution in [3.05, 3.63) is 65.3 Å². The standard InChI is InChI=1S/C21H18ClN5O3S2/c22-16-9-8-15(12-18(16)32(29,30)26-10-4-5-11-26)19(28)24-20-25-27-13-17(23-21(27)31-20)14-6-2-1-3-7-14/h1-3,6-9,12-13H,4-5,10-11H2,(H,24,25,28). The van der Waals surface area contributed by atoms with Gasteiger partial charge in [-0.25, -0.2) is 17.9 Å². The summed E-state index contributed by atoms with van der Waals surface area (Å²) in [5, 5.41) is 7.53. The van der Waals surface area contributed by atoms with Crippen molar-refractivity contribution in [3.63, 3.8) is 0 Å². The summed E-state index contributed by atoms with van der Waals surface area (Å²) in [6.07, 6.45) is 3.42. The number of rotatable bonds is 5. The fourth-order valence-electron chi connectivity index (χ4n) is 3.58. The van der Waals surface area contributed by atoms with E-state index in [9.17, 15) is 13.2 Å². The van der Waals surface area contributed by atoms with E-state index in [1.807, 2.05) is 30.3 Å². The van der Waals surface area contributed by atoms with Gasteiger partial charge in [-0.05, 0) is 31.0 Å². The van der Waals surface area contributed by atoms with Gasteiger partial charge in [0, 0.05) is 24.2 Å². The summed E-state index contributed by atoms with van der Waals surface area (Å²) < 4.78 is 28.8. The lowest BCUT2D eigenvalue weighted by atomic mass is 10.2. The van der Waals surface area contributed by atoms with E-state index in [0.717, 1.165) is 24.1 Å². The van der Waals surface area contributed by atoms with E-state index in [-0.39, 0.29) is 15.5 Å². The summed E-state index contributed by atoms with van der Waals surface area (Å²) in [5.41, 5.74) is 1.95. The second kappa shape index (κ2) is 8.28. The molecule has 0 unspecified atom stereocenters. The minimum absolute atomic E-state index is 0.0600. The first-order chi connectivity index (χ1) is 15.4. The highest BCUT2D eigenvalue weighted by atomic mass is 35.5. The van der Waals surface area contributed by atoms with Crippen molar-refractivity contribution in [1.29, 1.82) is 0 Å². The number of hydrogen-bond acceptors (Lipinski definition) is 6. The first-order valence-electron chi connectivity index (χ1n) is 9.94. The number of imidazole rings is 1. The second-order valence-electron chi connectivity index (χ2n) is 7.34. The molecular formula is C21H18ClN5O3S2. The van der Waals surface area contributed by atoms with E-state index in [4.69, 9.17) is 11.6 Å². The molecule has 4 aromatic rings. The van der Waals surface area contributed by atoms with Gasteiger partial charge in [0.05, 0.1) is 16.9 Å². The van der Waals surface area contributed by atoms with Gasteiger partial charge >= 0.3 is 0 Å². The van der Waals surface area contributed by atoms with Gasteiger partial charge in [0.25, 0.3) is 5.91 Å². The van der Waals surface area contributed by atoms with Gasteiger partial charge in [-0.1, -0.05) is 53.3 Å². The van der Waals surface area contributed by atoms with Crippen LogP contribution >= 0.6 is 22.9 Å². The molecule has 0 aliphatic carbocycles. The number of halogens is 1. The molecule has 11 heteroatoms. The molecule has 3 heterocycles. The van der Waals surface area contributed by atoms with Crippen molar-refractivity contribution < 1.29 is 13.2 Å². The minimum atomic E-state index is -3.75. The first kappa shape index (κ1) is 21.1. The summed E-state index contributed by atoms with van der Waals surface area (Å²) in [4.78, 5) is 17.9. The molecule has 8 nitrogen and oxygen atoms in total. The van der Waals surface area contributed by atoms with Gasteiger partial charge in [-0.3, -0.25) is 10.1 Å². The van der Waals surface area contributed by atoms with Crippen molar-refractivity contribution in [2.45, 2.75) is 17.7 Å². The number of benzene rings is 2. The van der Waals surface area contributed by atoms with Crippen molar-refractivity contribution >= 4 is 49.0 Å². The molecule has 0 saturated carbocycles. The maximum absolute atomic E-state index is 12.9. The summed E-state index contributed by atoms with van der Waals surface area (Å²) in [6.45, 7) is 0.915. The molecule has 5 rings (SSSR count).